The molecule has 2 aromatic carbocycles. The van der Waals surface area contributed by atoms with Gasteiger partial charge in [-0.15, -0.1) is 0 Å². The second-order valence-corrected chi connectivity index (χ2v) is 9.02. The second-order valence-electron chi connectivity index (χ2n) is 9.02. The molecule has 12 nitrogen and oxygen atoms in total. The quantitative estimate of drug-likeness (QED) is 0.155. The van der Waals surface area contributed by atoms with Gasteiger partial charge in [0, 0.05) is 28.6 Å². The number of aliphatic hydroxyl groups excluding tert-OH is 4. The number of fused-ring (bicyclic) bond motifs is 2. The van der Waals surface area contributed by atoms with Crippen LogP contribution < -0.4 is 5.43 Å². The number of phenolic OH excluding ortho intramolecular Hbond substituents is 1. The van der Waals surface area contributed by atoms with Crippen molar-refractivity contribution in [3.63, 3.8) is 0 Å². The van der Waals surface area contributed by atoms with Crippen LogP contribution in [0.15, 0.2) is 63.8 Å². The Morgan fingerprint density at radius 1 is 0.872 bits per heavy atom. The third kappa shape index (κ3) is 4.82. The molecule has 5 rings (SSSR count). The zero-order valence-corrected chi connectivity index (χ0v) is 19.9. The fourth-order valence-electron chi connectivity index (χ4n) is 4.53. The minimum absolute atomic E-state index is 0.104. The summed E-state index contributed by atoms with van der Waals surface area (Å²) < 4.78 is 15.9. The minimum atomic E-state index is -1.81. The first-order valence-corrected chi connectivity index (χ1v) is 11.7. The highest BCUT2D eigenvalue weighted by molar-refractivity contribution is 6.08. The maximum Gasteiger partial charge on any atom is 0.338 e. The van der Waals surface area contributed by atoms with Crippen LogP contribution in [0.1, 0.15) is 20.7 Å². The number of aromatic hydroxyl groups is 1. The summed E-state index contributed by atoms with van der Waals surface area (Å²) in [6.07, 6.45) is -8.31. The van der Waals surface area contributed by atoms with E-state index < -0.39 is 49.3 Å². The van der Waals surface area contributed by atoms with E-state index in [1.807, 2.05) is 0 Å². The first-order chi connectivity index (χ1) is 18.5. The molecule has 0 amide bonds. The lowest BCUT2D eigenvalue weighted by molar-refractivity contribution is -0.286. The van der Waals surface area contributed by atoms with Crippen molar-refractivity contribution in [1.82, 2.24) is 0 Å². The zero-order chi connectivity index (χ0) is 28.0. The number of ether oxygens (including phenoxy) is 2. The molecule has 2 aromatic rings. The van der Waals surface area contributed by atoms with Crippen molar-refractivity contribution in [1.29, 1.82) is 0 Å². The van der Waals surface area contributed by atoms with Gasteiger partial charge in [0.2, 0.25) is 0 Å². The number of rotatable bonds is 5. The fourth-order valence-corrected chi connectivity index (χ4v) is 4.53. The van der Waals surface area contributed by atoms with Crippen molar-refractivity contribution in [3.8, 4) is 28.2 Å². The largest absolute Gasteiger partial charge is 0.508 e. The van der Waals surface area contributed by atoms with Crippen LogP contribution in [-0.2, 0) is 9.47 Å². The van der Waals surface area contributed by atoms with E-state index in [-0.39, 0.29) is 39.2 Å². The van der Waals surface area contributed by atoms with Gasteiger partial charge in [-0.1, -0.05) is 6.07 Å². The highest BCUT2D eigenvalue weighted by atomic mass is 16.6. The average molecular weight is 538 g/mol. The molecule has 0 radical (unpaired) electrons. The van der Waals surface area contributed by atoms with E-state index in [2.05, 4.69) is 0 Å². The summed E-state index contributed by atoms with van der Waals surface area (Å²) >= 11 is 0. The number of esters is 1. The van der Waals surface area contributed by atoms with Gasteiger partial charge in [-0.25, -0.2) is 9.59 Å². The molecule has 6 N–H and O–H groups in total. The number of carbonyl (C=O) groups is 2. The number of benzene rings is 3. The van der Waals surface area contributed by atoms with Gasteiger partial charge in [0.1, 0.15) is 48.1 Å². The van der Waals surface area contributed by atoms with Gasteiger partial charge >= 0.3 is 11.9 Å². The van der Waals surface area contributed by atoms with E-state index >= 15 is 0 Å². The average Bonchev–Trinajstić information content (AvgIpc) is 2.91. The van der Waals surface area contributed by atoms with E-state index in [1.165, 1.54) is 48.5 Å². The Hall–Kier alpha value is -4.33. The van der Waals surface area contributed by atoms with Gasteiger partial charge in [-0.3, -0.25) is 4.79 Å². The fraction of sp³-hybridized carbons (Fsp3) is 0.222. The van der Waals surface area contributed by atoms with Crippen molar-refractivity contribution < 1.29 is 54.1 Å². The van der Waals surface area contributed by atoms with Gasteiger partial charge in [0.05, 0.1) is 11.1 Å². The standard InChI is InChI=1S/C27H22O12/c28-12-2-5-15-18(8-12)38-19-9-13(29)3-6-16(19)21(15)14-4-1-11(7-17(14)25(33)34)26(35)37-10-20-22(30)23(31)24(32)27(36)39-20/h1-9,20,22-24,27-28,30-32,36H,10H2,(H,33,34)/t20-,22-,23+,24-,27-/m1/s1. The molecule has 0 aromatic heterocycles. The Labute approximate surface area is 218 Å². The van der Waals surface area contributed by atoms with Gasteiger partial charge in [-0.2, -0.15) is 0 Å². The normalized spacial score (nSPS) is 23.1. The lowest BCUT2D eigenvalue weighted by Gasteiger charge is -2.37. The van der Waals surface area contributed by atoms with Crippen LogP contribution in [0, 0.1) is 0 Å². The Kier molecular flexibility index (Phi) is 6.80. The van der Waals surface area contributed by atoms with Crippen molar-refractivity contribution in [3.05, 3.63) is 75.9 Å². The lowest BCUT2D eigenvalue weighted by Crippen LogP contribution is -2.58. The number of carboxylic acid groups (broad SMARTS) is 1. The molecule has 12 heteroatoms. The molecular weight excluding hydrogens is 516 g/mol. The van der Waals surface area contributed by atoms with Gasteiger partial charge in [-0.05, 0) is 42.0 Å². The number of carboxylic acids is 1. The first-order valence-electron chi connectivity index (χ1n) is 11.7. The summed E-state index contributed by atoms with van der Waals surface area (Å²) in [7, 11) is 0. The molecule has 5 atom stereocenters. The maximum absolute atomic E-state index is 12.7. The Bertz CT molecular complexity index is 1610. The summed E-state index contributed by atoms with van der Waals surface area (Å²) in [5.74, 6) is -2.29. The monoisotopic (exact) mass is 538 g/mol. The van der Waals surface area contributed by atoms with Crippen molar-refractivity contribution in [2.75, 3.05) is 6.61 Å². The zero-order valence-electron chi connectivity index (χ0n) is 19.9. The van der Waals surface area contributed by atoms with Crippen LogP contribution in [0.5, 0.6) is 5.75 Å². The Morgan fingerprint density at radius 2 is 1.62 bits per heavy atom. The SMILES string of the molecule is O=C(OC[C@H]1O[C@@H](O)[C@H](O)[C@@H](O)[C@@H]1O)c1ccc(-c2c3ccc(=O)cc-3oc3cc(O)ccc23)c(C(=O)O)c1. The minimum Gasteiger partial charge on any atom is -0.508 e. The molecule has 2 heterocycles. The molecule has 39 heavy (non-hydrogen) atoms. The van der Waals surface area contributed by atoms with Crippen LogP contribution >= 0.6 is 0 Å². The topological polar surface area (TPSA) is 204 Å². The number of aromatic carboxylic acids is 1. The number of phenols is 1. The second kappa shape index (κ2) is 10.1. The smallest absolute Gasteiger partial charge is 0.338 e. The van der Waals surface area contributed by atoms with Gasteiger partial charge < -0.3 is 44.5 Å². The summed E-state index contributed by atoms with van der Waals surface area (Å²) in [5.41, 5.74) is 0.438. The van der Waals surface area contributed by atoms with Gasteiger partial charge in [0.15, 0.2) is 11.7 Å². The number of carbonyl (C=O) groups excluding carboxylic acids is 1. The summed E-state index contributed by atoms with van der Waals surface area (Å²) in [6.45, 7) is -0.610. The van der Waals surface area contributed by atoms with Crippen molar-refractivity contribution >= 4 is 22.9 Å². The molecule has 0 spiro atoms. The maximum atomic E-state index is 12.7. The highest BCUT2D eigenvalue weighted by Crippen LogP contribution is 2.42. The first kappa shape index (κ1) is 26.3. The summed E-state index contributed by atoms with van der Waals surface area (Å²) in [4.78, 5) is 37.0. The molecule has 1 saturated heterocycles. The van der Waals surface area contributed by atoms with Crippen LogP contribution in [-0.4, -0.2) is 79.9 Å². The predicted octanol–water partition coefficient (Wildman–Crippen LogP) is 0.925. The van der Waals surface area contributed by atoms with E-state index in [9.17, 15) is 45.0 Å². The van der Waals surface area contributed by atoms with Crippen LogP contribution in [0.2, 0.25) is 0 Å². The predicted molar refractivity (Wildman–Crippen MR) is 132 cm³/mol. The molecular formula is C27H22O12. The number of hydrogen-bond donors (Lipinski definition) is 6. The molecule has 1 fully saturated rings. The Balaban J connectivity index is 1.52. The summed E-state index contributed by atoms with van der Waals surface area (Å²) in [5, 5.41) is 59.5. The van der Waals surface area contributed by atoms with E-state index in [4.69, 9.17) is 13.9 Å². The highest BCUT2D eigenvalue weighted by Gasteiger charge is 2.43. The van der Waals surface area contributed by atoms with Crippen LogP contribution in [0.3, 0.4) is 0 Å². The van der Waals surface area contributed by atoms with Crippen LogP contribution in [0.4, 0.5) is 0 Å². The third-order valence-corrected chi connectivity index (χ3v) is 6.50. The summed E-state index contributed by atoms with van der Waals surface area (Å²) in [6, 6.07) is 12.1. The Morgan fingerprint density at radius 3 is 2.36 bits per heavy atom. The molecule has 202 valence electrons. The molecule has 0 bridgehead atoms. The van der Waals surface area contributed by atoms with E-state index in [0.717, 1.165) is 6.07 Å². The number of hydrogen-bond acceptors (Lipinski definition) is 11. The lowest BCUT2D eigenvalue weighted by atomic mass is 9.90. The van der Waals surface area contributed by atoms with E-state index in [1.54, 1.807) is 0 Å². The number of aliphatic hydroxyl groups is 4. The van der Waals surface area contributed by atoms with E-state index in [0.29, 0.717) is 16.5 Å². The third-order valence-electron chi connectivity index (χ3n) is 6.50. The van der Waals surface area contributed by atoms with Gasteiger partial charge in [0.25, 0.3) is 0 Å². The molecule has 2 aliphatic heterocycles. The molecule has 3 aliphatic rings. The molecule has 0 unspecified atom stereocenters. The van der Waals surface area contributed by atoms with Crippen molar-refractivity contribution in [2.45, 2.75) is 30.7 Å². The van der Waals surface area contributed by atoms with Crippen LogP contribution in [0.25, 0.3) is 33.4 Å². The molecule has 1 aliphatic carbocycles. The van der Waals surface area contributed by atoms with Crippen molar-refractivity contribution in [2.24, 2.45) is 0 Å². The molecule has 0 saturated carbocycles.